The van der Waals surface area contributed by atoms with Crippen molar-refractivity contribution in [1.82, 2.24) is 5.32 Å². The van der Waals surface area contributed by atoms with Gasteiger partial charge in [-0.2, -0.15) is 0 Å². The van der Waals surface area contributed by atoms with Gasteiger partial charge in [0.2, 0.25) is 15.9 Å². The Kier molecular flexibility index (Phi) is 11.1. The van der Waals surface area contributed by atoms with Crippen LogP contribution in [0.2, 0.25) is 0 Å². The number of carbonyl (C=O) groups is 3. The number of nitrogens with two attached hydrogens (primary N) is 1. The molecular formula is C33H32N4O6S2. The average molecular weight is 645 g/mol. The third kappa shape index (κ3) is 9.80. The minimum atomic E-state index is -3.82. The van der Waals surface area contributed by atoms with E-state index in [-0.39, 0.29) is 16.5 Å². The van der Waals surface area contributed by atoms with E-state index in [1.807, 2.05) is 6.92 Å². The first-order valence-electron chi connectivity index (χ1n) is 13.8. The molecule has 0 bridgehead atoms. The number of rotatable bonds is 12. The Labute approximate surface area is 266 Å². The maximum Gasteiger partial charge on any atom is 0.272 e. The number of anilines is 2. The highest BCUT2D eigenvalue weighted by atomic mass is 32.2. The molecule has 0 heterocycles. The summed E-state index contributed by atoms with van der Waals surface area (Å²) in [7, 11) is -3.82. The summed E-state index contributed by atoms with van der Waals surface area (Å²) in [4.78, 5) is 39.7. The molecule has 1 unspecified atom stereocenters. The molecule has 0 aliphatic carbocycles. The van der Waals surface area contributed by atoms with Crippen molar-refractivity contribution in [2.75, 3.05) is 17.2 Å². The Morgan fingerprint density at radius 2 is 1.44 bits per heavy atom. The van der Waals surface area contributed by atoms with Crippen LogP contribution in [0.15, 0.2) is 119 Å². The molecule has 0 aliphatic heterocycles. The van der Waals surface area contributed by atoms with Crippen LogP contribution >= 0.6 is 11.8 Å². The fourth-order valence-electron chi connectivity index (χ4n) is 3.98. The summed E-state index contributed by atoms with van der Waals surface area (Å²) < 4.78 is 28.4. The molecule has 5 N–H and O–H groups in total. The fraction of sp³-hybridized carbons (Fsp3) is 0.121. The highest BCUT2D eigenvalue weighted by Gasteiger charge is 2.17. The van der Waals surface area contributed by atoms with Crippen molar-refractivity contribution in [1.29, 1.82) is 0 Å². The molecule has 3 amide bonds. The minimum absolute atomic E-state index is 0.0487. The molecule has 0 fully saturated rings. The van der Waals surface area contributed by atoms with Crippen LogP contribution in [-0.4, -0.2) is 38.0 Å². The van der Waals surface area contributed by atoms with Crippen LogP contribution < -0.4 is 25.8 Å². The van der Waals surface area contributed by atoms with E-state index in [0.29, 0.717) is 34.9 Å². The standard InChI is InChI=1S/C33H32N4O6S2/c1-3-43-27-15-9-23(10-16-27)21-30(37-32(39)24-7-5-4-6-8-24)33(40)36-25-11-17-28(18-12-25)44-22(2)31(38)35-26-13-19-29(20-14-26)45(34,41)42/h4-22H,3H2,1-2H3,(H,35,38)(H,36,40)(H,37,39)(H2,34,41,42)/b30-21-. The molecule has 0 spiro atoms. The van der Waals surface area contributed by atoms with Crippen molar-refractivity contribution in [3.05, 3.63) is 120 Å². The largest absolute Gasteiger partial charge is 0.494 e. The summed E-state index contributed by atoms with van der Waals surface area (Å²) in [6.45, 7) is 4.15. The van der Waals surface area contributed by atoms with Gasteiger partial charge in [-0.15, -0.1) is 11.8 Å². The van der Waals surface area contributed by atoms with E-state index in [9.17, 15) is 22.8 Å². The third-order valence-electron chi connectivity index (χ3n) is 6.28. The molecule has 0 saturated heterocycles. The fourth-order valence-corrected chi connectivity index (χ4v) is 5.36. The number of carbonyl (C=O) groups excluding carboxylic acids is 3. The van der Waals surface area contributed by atoms with E-state index < -0.39 is 27.1 Å². The van der Waals surface area contributed by atoms with Crippen molar-refractivity contribution in [2.24, 2.45) is 5.14 Å². The summed E-state index contributed by atoms with van der Waals surface area (Å²) >= 11 is 1.31. The van der Waals surface area contributed by atoms with Crippen molar-refractivity contribution in [3.8, 4) is 5.75 Å². The Morgan fingerprint density at radius 1 is 0.844 bits per heavy atom. The lowest BCUT2D eigenvalue weighted by Gasteiger charge is -2.14. The zero-order valence-electron chi connectivity index (χ0n) is 24.5. The van der Waals surface area contributed by atoms with Gasteiger partial charge in [-0.05, 0) is 98.3 Å². The monoisotopic (exact) mass is 644 g/mol. The van der Waals surface area contributed by atoms with Crippen LogP contribution in [0.5, 0.6) is 5.75 Å². The van der Waals surface area contributed by atoms with Gasteiger partial charge in [0.25, 0.3) is 11.8 Å². The van der Waals surface area contributed by atoms with Gasteiger partial charge in [0, 0.05) is 21.8 Å². The molecular weight excluding hydrogens is 613 g/mol. The normalized spacial score (nSPS) is 12.1. The van der Waals surface area contributed by atoms with Crippen molar-refractivity contribution in [3.63, 3.8) is 0 Å². The number of amides is 3. The molecule has 1 atom stereocenters. The van der Waals surface area contributed by atoms with E-state index in [2.05, 4.69) is 16.0 Å². The smallest absolute Gasteiger partial charge is 0.272 e. The lowest BCUT2D eigenvalue weighted by molar-refractivity contribution is -0.115. The number of benzene rings is 4. The minimum Gasteiger partial charge on any atom is -0.494 e. The second-order valence-electron chi connectivity index (χ2n) is 9.68. The van der Waals surface area contributed by atoms with Gasteiger partial charge >= 0.3 is 0 Å². The van der Waals surface area contributed by atoms with E-state index in [0.717, 1.165) is 4.90 Å². The lowest BCUT2D eigenvalue weighted by atomic mass is 10.1. The summed E-state index contributed by atoms with van der Waals surface area (Å²) in [5.41, 5.74) is 2.07. The van der Waals surface area contributed by atoms with E-state index in [1.54, 1.807) is 91.9 Å². The number of ether oxygens (including phenoxy) is 1. The Balaban J connectivity index is 1.41. The van der Waals surface area contributed by atoms with Gasteiger partial charge in [-0.3, -0.25) is 14.4 Å². The quantitative estimate of drug-likeness (QED) is 0.121. The average Bonchev–Trinajstić information content (AvgIpc) is 3.03. The van der Waals surface area contributed by atoms with E-state index in [1.165, 1.54) is 36.0 Å². The summed E-state index contributed by atoms with van der Waals surface area (Å²) in [5.74, 6) is -0.534. The Hall–Kier alpha value is -4.91. The second kappa shape index (κ2) is 15.2. The highest BCUT2D eigenvalue weighted by Crippen LogP contribution is 2.26. The van der Waals surface area contributed by atoms with Crippen LogP contribution in [0, 0.1) is 0 Å². The molecule has 10 nitrogen and oxygen atoms in total. The maximum absolute atomic E-state index is 13.3. The van der Waals surface area contributed by atoms with Crippen LogP contribution in [0.4, 0.5) is 11.4 Å². The highest BCUT2D eigenvalue weighted by molar-refractivity contribution is 8.00. The molecule has 0 saturated carbocycles. The number of hydrogen-bond donors (Lipinski definition) is 4. The molecule has 12 heteroatoms. The maximum atomic E-state index is 13.3. The number of hydrogen-bond acceptors (Lipinski definition) is 7. The third-order valence-corrected chi connectivity index (χ3v) is 8.32. The van der Waals surface area contributed by atoms with Gasteiger partial charge in [0.15, 0.2) is 0 Å². The first-order valence-corrected chi connectivity index (χ1v) is 16.3. The molecule has 4 aromatic carbocycles. The predicted octanol–water partition coefficient (Wildman–Crippen LogP) is 5.26. The first-order chi connectivity index (χ1) is 21.5. The van der Waals surface area contributed by atoms with Crippen molar-refractivity contribution >= 4 is 57.0 Å². The number of nitrogens with one attached hydrogen (secondary N) is 3. The number of primary sulfonamides is 1. The number of sulfonamides is 1. The van der Waals surface area contributed by atoms with Crippen LogP contribution in [0.25, 0.3) is 6.08 Å². The molecule has 4 aromatic rings. The van der Waals surface area contributed by atoms with Crippen LogP contribution in [0.1, 0.15) is 29.8 Å². The predicted molar refractivity (Wildman–Crippen MR) is 176 cm³/mol. The topological polar surface area (TPSA) is 157 Å². The molecule has 232 valence electrons. The SMILES string of the molecule is CCOc1ccc(/C=C(\NC(=O)c2ccccc2)C(=O)Nc2ccc(SC(C)C(=O)Nc3ccc(S(N)(=O)=O)cc3)cc2)cc1. The van der Waals surface area contributed by atoms with Gasteiger partial charge in [0.1, 0.15) is 11.4 Å². The zero-order chi connectivity index (χ0) is 32.4. The Morgan fingerprint density at radius 3 is 2.04 bits per heavy atom. The Bertz CT molecular complexity index is 1780. The summed E-state index contributed by atoms with van der Waals surface area (Å²) in [6, 6.07) is 28.2. The van der Waals surface area contributed by atoms with E-state index in [4.69, 9.17) is 9.88 Å². The number of thioether (sulfide) groups is 1. The van der Waals surface area contributed by atoms with Crippen LogP contribution in [-0.2, 0) is 19.6 Å². The van der Waals surface area contributed by atoms with Crippen molar-refractivity contribution in [2.45, 2.75) is 28.9 Å². The molecule has 4 rings (SSSR count). The molecule has 0 aliphatic rings. The van der Waals surface area contributed by atoms with Crippen LogP contribution in [0.3, 0.4) is 0 Å². The molecule has 0 radical (unpaired) electrons. The molecule has 45 heavy (non-hydrogen) atoms. The van der Waals surface area contributed by atoms with Gasteiger partial charge in [0.05, 0.1) is 16.8 Å². The van der Waals surface area contributed by atoms with Gasteiger partial charge < -0.3 is 20.7 Å². The molecule has 0 aromatic heterocycles. The van der Waals surface area contributed by atoms with E-state index >= 15 is 0 Å². The first kappa shape index (κ1) is 33.0. The van der Waals surface area contributed by atoms with Gasteiger partial charge in [-0.25, -0.2) is 13.6 Å². The second-order valence-corrected chi connectivity index (χ2v) is 12.7. The van der Waals surface area contributed by atoms with Crippen molar-refractivity contribution < 1.29 is 27.5 Å². The zero-order valence-corrected chi connectivity index (χ0v) is 26.2. The summed E-state index contributed by atoms with van der Waals surface area (Å²) in [5, 5.41) is 12.9. The lowest BCUT2D eigenvalue weighted by Crippen LogP contribution is -2.30. The van der Waals surface area contributed by atoms with Gasteiger partial charge in [-0.1, -0.05) is 30.3 Å². The summed E-state index contributed by atoms with van der Waals surface area (Å²) in [6.07, 6.45) is 1.58.